The summed E-state index contributed by atoms with van der Waals surface area (Å²) in [7, 11) is 1.49. The van der Waals surface area contributed by atoms with Crippen LogP contribution in [0.1, 0.15) is 28.9 Å². The third-order valence-corrected chi connectivity index (χ3v) is 3.20. The highest BCUT2D eigenvalue weighted by atomic mass is 16.5. The van der Waals surface area contributed by atoms with Crippen molar-refractivity contribution in [3.63, 3.8) is 0 Å². The van der Waals surface area contributed by atoms with Crippen LogP contribution >= 0.6 is 0 Å². The molecule has 0 spiro atoms. The molecule has 2 aromatic rings. The third-order valence-electron chi connectivity index (χ3n) is 3.20. The average Bonchev–Trinajstić information content (AvgIpc) is 2.47. The van der Waals surface area contributed by atoms with Gasteiger partial charge in [0.25, 0.3) is 0 Å². The number of methoxy groups -OCH3 is 1. The molecule has 0 aliphatic rings. The molecule has 1 unspecified atom stereocenters. The average molecular weight is 287 g/mol. The molecule has 0 aliphatic carbocycles. The predicted molar refractivity (Wildman–Crippen MR) is 80.1 cm³/mol. The van der Waals surface area contributed by atoms with Crippen LogP contribution in [0.5, 0.6) is 11.5 Å². The Labute approximate surface area is 122 Å². The molecule has 0 aromatic heterocycles. The fourth-order valence-electron chi connectivity index (χ4n) is 2.04. The van der Waals surface area contributed by atoms with Gasteiger partial charge in [0.1, 0.15) is 0 Å². The Bertz CT molecular complexity index is 654. The van der Waals surface area contributed by atoms with E-state index in [0.717, 1.165) is 11.3 Å². The van der Waals surface area contributed by atoms with Crippen LogP contribution < -0.4 is 10.1 Å². The number of benzene rings is 2. The number of phenolic OH excluding ortho intramolecular Hbond substituents is 1. The molecular weight excluding hydrogens is 270 g/mol. The number of aromatic hydroxyl groups is 1. The Balaban J connectivity index is 2.19. The zero-order valence-electron chi connectivity index (χ0n) is 11.8. The Kier molecular flexibility index (Phi) is 4.33. The number of carboxylic acids is 1. The van der Waals surface area contributed by atoms with Crippen molar-refractivity contribution >= 4 is 11.7 Å². The van der Waals surface area contributed by atoms with Crippen molar-refractivity contribution in [2.24, 2.45) is 0 Å². The lowest BCUT2D eigenvalue weighted by Gasteiger charge is -2.17. The highest BCUT2D eigenvalue weighted by Crippen LogP contribution is 2.30. The first-order valence-corrected chi connectivity index (χ1v) is 6.48. The van der Waals surface area contributed by atoms with Crippen LogP contribution in [0.2, 0.25) is 0 Å². The van der Waals surface area contributed by atoms with Crippen LogP contribution in [0.3, 0.4) is 0 Å². The third kappa shape index (κ3) is 3.45. The molecule has 0 saturated carbocycles. The van der Waals surface area contributed by atoms with Crippen molar-refractivity contribution in [3.8, 4) is 11.5 Å². The molecule has 5 heteroatoms. The minimum absolute atomic E-state index is 0.0662. The number of phenols is 1. The molecule has 3 N–H and O–H groups in total. The lowest BCUT2D eigenvalue weighted by molar-refractivity contribution is 0.0697. The molecule has 110 valence electrons. The molecule has 0 saturated heterocycles. The lowest BCUT2D eigenvalue weighted by Crippen LogP contribution is -2.07. The van der Waals surface area contributed by atoms with Gasteiger partial charge in [0.2, 0.25) is 0 Å². The summed E-state index contributed by atoms with van der Waals surface area (Å²) in [5, 5.41) is 21.8. The summed E-state index contributed by atoms with van der Waals surface area (Å²) >= 11 is 0. The standard InChI is InChI=1S/C16H17NO4/c1-10(11-6-7-14(18)15(9-11)21-2)17-13-5-3-4-12(8-13)16(19)20/h3-10,17-18H,1-2H3,(H,19,20). The first-order valence-electron chi connectivity index (χ1n) is 6.48. The molecule has 2 rings (SSSR count). The van der Waals surface area contributed by atoms with E-state index in [1.165, 1.54) is 7.11 Å². The number of hydrogen-bond acceptors (Lipinski definition) is 4. The molecule has 0 amide bonds. The first-order chi connectivity index (χ1) is 10.0. The van der Waals surface area contributed by atoms with Gasteiger partial charge in [0.05, 0.1) is 12.7 Å². The molecule has 2 aromatic carbocycles. The summed E-state index contributed by atoms with van der Waals surface area (Å²) in [6.07, 6.45) is 0. The van der Waals surface area contributed by atoms with E-state index in [0.29, 0.717) is 5.75 Å². The van der Waals surface area contributed by atoms with Gasteiger partial charge in [-0.25, -0.2) is 4.79 Å². The van der Waals surface area contributed by atoms with E-state index < -0.39 is 5.97 Å². The fourth-order valence-corrected chi connectivity index (χ4v) is 2.04. The van der Waals surface area contributed by atoms with Crippen molar-refractivity contribution < 1.29 is 19.7 Å². The van der Waals surface area contributed by atoms with E-state index in [1.807, 2.05) is 6.92 Å². The van der Waals surface area contributed by atoms with E-state index in [1.54, 1.807) is 42.5 Å². The van der Waals surface area contributed by atoms with E-state index in [-0.39, 0.29) is 17.4 Å². The monoisotopic (exact) mass is 287 g/mol. The van der Waals surface area contributed by atoms with Crippen LogP contribution in [0, 0.1) is 0 Å². The van der Waals surface area contributed by atoms with Crippen molar-refractivity contribution in [3.05, 3.63) is 53.6 Å². The molecule has 0 bridgehead atoms. The Morgan fingerprint density at radius 3 is 2.67 bits per heavy atom. The number of aromatic carboxylic acids is 1. The van der Waals surface area contributed by atoms with Gasteiger partial charge in [-0.2, -0.15) is 0 Å². The molecule has 0 aliphatic heterocycles. The molecule has 21 heavy (non-hydrogen) atoms. The maximum atomic E-state index is 11.0. The Morgan fingerprint density at radius 1 is 1.24 bits per heavy atom. The summed E-state index contributed by atoms with van der Waals surface area (Å²) in [6, 6.07) is 11.7. The molecular formula is C16H17NO4. The van der Waals surface area contributed by atoms with Gasteiger partial charge in [-0.15, -0.1) is 0 Å². The zero-order valence-corrected chi connectivity index (χ0v) is 11.8. The van der Waals surface area contributed by atoms with Crippen molar-refractivity contribution in [2.45, 2.75) is 13.0 Å². The predicted octanol–water partition coefficient (Wildman–Crippen LogP) is 3.27. The number of anilines is 1. The van der Waals surface area contributed by atoms with Crippen LogP contribution in [0.25, 0.3) is 0 Å². The van der Waals surface area contributed by atoms with E-state index in [9.17, 15) is 9.90 Å². The minimum atomic E-state index is -0.961. The van der Waals surface area contributed by atoms with E-state index in [4.69, 9.17) is 9.84 Å². The SMILES string of the molecule is COc1cc(C(C)Nc2cccc(C(=O)O)c2)ccc1O. The van der Waals surface area contributed by atoms with Gasteiger partial charge in [-0.1, -0.05) is 12.1 Å². The molecule has 0 radical (unpaired) electrons. The molecule has 1 atom stereocenters. The minimum Gasteiger partial charge on any atom is -0.504 e. The molecule has 5 nitrogen and oxygen atoms in total. The van der Waals surface area contributed by atoms with Crippen LogP contribution in [0.4, 0.5) is 5.69 Å². The second-order valence-corrected chi connectivity index (χ2v) is 4.68. The second-order valence-electron chi connectivity index (χ2n) is 4.68. The van der Waals surface area contributed by atoms with Gasteiger partial charge in [0.15, 0.2) is 11.5 Å². The van der Waals surface area contributed by atoms with Gasteiger partial charge < -0.3 is 20.3 Å². The van der Waals surface area contributed by atoms with Crippen LogP contribution in [-0.2, 0) is 0 Å². The number of rotatable bonds is 5. The van der Waals surface area contributed by atoms with Crippen LogP contribution in [0.15, 0.2) is 42.5 Å². The van der Waals surface area contributed by atoms with Crippen LogP contribution in [-0.4, -0.2) is 23.3 Å². The smallest absolute Gasteiger partial charge is 0.335 e. The van der Waals surface area contributed by atoms with Gasteiger partial charge in [-0.05, 0) is 42.8 Å². The number of hydrogen-bond donors (Lipinski definition) is 3. The molecule has 0 fully saturated rings. The number of carbonyl (C=O) groups is 1. The maximum Gasteiger partial charge on any atom is 0.335 e. The fraction of sp³-hybridized carbons (Fsp3) is 0.188. The highest BCUT2D eigenvalue weighted by Gasteiger charge is 2.10. The highest BCUT2D eigenvalue weighted by molar-refractivity contribution is 5.88. The topological polar surface area (TPSA) is 78.8 Å². The van der Waals surface area contributed by atoms with Gasteiger partial charge in [0, 0.05) is 11.7 Å². The maximum absolute atomic E-state index is 11.0. The second kappa shape index (κ2) is 6.17. The summed E-state index contributed by atoms with van der Waals surface area (Å²) in [4.78, 5) is 11.0. The lowest BCUT2D eigenvalue weighted by atomic mass is 10.1. The number of ether oxygens (including phenoxy) is 1. The summed E-state index contributed by atoms with van der Waals surface area (Å²) < 4.78 is 5.08. The summed E-state index contributed by atoms with van der Waals surface area (Å²) in [6.45, 7) is 1.94. The quantitative estimate of drug-likeness (QED) is 0.786. The largest absolute Gasteiger partial charge is 0.504 e. The first kappa shape index (κ1) is 14.7. The summed E-state index contributed by atoms with van der Waals surface area (Å²) in [5.41, 5.74) is 1.87. The Hall–Kier alpha value is -2.69. The van der Waals surface area contributed by atoms with Crippen molar-refractivity contribution in [1.29, 1.82) is 0 Å². The normalized spacial score (nSPS) is 11.7. The number of carboxylic acid groups (broad SMARTS) is 1. The van der Waals surface area contributed by atoms with Crippen molar-refractivity contribution in [1.82, 2.24) is 0 Å². The molecule has 0 heterocycles. The van der Waals surface area contributed by atoms with Gasteiger partial charge in [-0.3, -0.25) is 0 Å². The van der Waals surface area contributed by atoms with E-state index >= 15 is 0 Å². The van der Waals surface area contributed by atoms with Crippen molar-refractivity contribution in [2.75, 3.05) is 12.4 Å². The Morgan fingerprint density at radius 2 is 2.00 bits per heavy atom. The summed E-state index contributed by atoms with van der Waals surface area (Å²) in [5.74, 6) is -0.473. The van der Waals surface area contributed by atoms with Gasteiger partial charge >= 0.3 is 5.97 Å². The number of nitrogens with one attached hydrogen (secondary N) is 1. The van der Waals surface area contributed by atoms with E-state index in [2.05, 4.69) is 5.32 Å². The zero-order chi connectivity index (χ0) is 15.4.